The quantitative estimate of drug-likeness (QED) is 0.702. The van der Waals surface area contributed by atoms with Crippen LogP contribution in [0.5, 0.6) is 5.75 Å². The number of thioether (sulfide) groups is 1. The maximum Gasteiger partial charge on any atom is 0.317 e. The molecule has 2 atom stereocenters. The van der Waals surface area contributed by atoms with Crippen LogP contribution in [0.15, 0.2) is 27.6 Å². The summed E-state index contributed by atoms with van der Waals surface area (Å²) in [5.41, 5.74) is 2.28. The number of aliphatic carboxylic acids is 1. The molecule has 126 valence electrons. The first kappa shape index (κ1) is 18.4. The van der Waals surface area contributed by atoms with Gasteiger partial charge in [-0.25, -0.2) is 0 Å². The van der Waals surface area contributed by atoms with Crippen molar-refractivity contribution in [2.45, 2.75) is 51.9 Å². The molecule has 1 aromatic rings. The van der Waals surface area contributed by atoms with E-state index in [1.807, 2.05) is 32.1 Å². The van der Waals surface area contributed by atoms with Gasteiger partial charge in [0.1, 0.15) is 17.1 Å². The van der Waals surface area contributed by atoms with Crippen LogP contribution in [0, 0.1) is 19.8 Å². The van der Waals surface area contributed by atoms with Crippen molar-refractivity contribution in [2.75, 3.05) is 0 Å². The van der Waals surface area contributed by atoms with E-state index in [0.717, 1.165) is 32.7 Å². The van der Waals surface area contributed by atoms with Crippen LogP contribution in [0.2, 0.25) is 0 Å². The van der Waals surface area contributed by atoms with Gasteiger partial charge in [0.25, 0.3) is 0 Å². The van der Waals surface area contributed by atoms with E-state index in [0.29, 0.717) is 12.3 Å². The van der Waals surface area contributed by atoms with Crippen molar-refractivity contribution in [3.8, 4) is 5.75 Å². The number of rotatable bonds is 6. The molecular formula is C18H23BrO3S. The minimum Gasteiger partial charge on any atom is -0.485 e. The Hall–Kier alpha value is -0.940. The summed E-state index contributed by atoms with van der Waals surface area (Å²) in [6.45, 7) is 8.41. The standard InChI is InChI=1S/C18H23BrO3S/c1-10(2)7-14(15-5-6-16(23-15)18(20)21)22-13-8-11(3)17(19)12(4)9-13/h5,8-10,14,16H,6-7H2,1-4H3,(H,20,21). The van der Waals surface area contributed by atoms with Crippen LogP contribution in [-0.4, -0.2) is 22.4 Å². The predicted molar refractivity (Wildman–Crippen MR) is 99.2 cm³/mol. The third kappa shape index (κ3) is 4.77. The summed E-state index contributed by atoms with van der Waals surface area (Å²) in [4.78, 5) is 12.2. The van der Waals surface area contributed by atoms with Gasteiger partial charge in [-0.3, -0.25) is 4.79 Å². The summed E-state index contributed by atoms with van der Waals surface area (Å²) in [7, 11) is 0. The topological polar surface area (TPSA) is 46.5 Å². The molecule has 0 radical (unpaired) electrons. The lowest BCUT2D eigenvalue weighted by molar-refractivity contribution is -0.136. The molecule has 0 saturated heterocycles. The minimum atomic E-state index is -0.750. The molecule has 5 heteroatoms. The van der Waals surface area contributed by atoms with Gasteiger partial charge < -0.3 is 9.84 Å². The summed E-state index contributed by atoms with van der Waals surface area (Å²) in [6, 6.07) is 4.05. The summed E-state index contributed by atoms with van der Waals surface area (Å²) < 4.78 is 7.35. The molecule has 1 aliphatic rings. The van der Waals surface area contributed by atoms with Crippen molar-refractivity contribution in [3.63, 3.8) is 0 Å². The van der Waals surface area contributed by atoms with Gasteiger partial charge in [-0.05, 0) is 55.9 Å². The second-order valence-corrected chi connectivity index (χ2v) is 8.46. The number of hydrogen-bond acceptors (Lipinski definition) is 3. The molecule has 2 rings (SSSR count). The Bertz CT molecular complexity index is 602. The SMILES string of the molecule is Cc1cc(OC(CC(C)C)C2=CCC(C(=O)O)S2)cc(C)c1Br. The zero-order chi connectivity index (χ0) is 17.1. The van der Waals surface area contributed by atoms with E-state index < -0.39 is 5.97 Å². The number of ether oxygens (including phenoxy) is 1. The maximum absolute atomic E-state index is 11.2. The number of halogens is 1. The normalized spacial score (nSPS) is 18.9. The van der Waals surface area contributed by atoms with Crippen LogP contribution >= 0.6 is 27.7 Å². The fraction of sp³-hybridized carbons (Fsp3) is 0.500. The van der Waals surface area contributed by atoms with E-state index in [-0.39, 0.29) is 11.4 Å². The average molecular weight is 399 g/mol. The Morgan fingerprint density at radius 3 is 2.48 bits per heavy atom. The van der Waals surface area contributed by atoms with Crippen LogP contribution in [-0.2, 0) is 4.79 Å². The van der Waals surface area contributed by atoms with Crippen molar-refractivity contribution in [1.82, 2.24) is 0 Å². The first-order valence-electron chi connectivity index (χ1n) is 7.80. The van der Waals surface area contributed by atoms with Crippen molar-refractivity contribution >= 4 is 33.7 Å². The monoisotopic (exact) mass is 398 g/mol. The van der Waals surface area contributed by atoms with Gasteiger partial charge in [-0.2, -0.15) is 0 Å². The number of hydrogen-bond donors (Lipinski definition) is 1. The highest BCUT2D eigenvalue weighted by Crippen LogP contribution is 2.38. The Morgan fingerprint density at radius 1 is 1.39 bits per heavy atom. The molecule has 1 heterocycles. The zero-order valence-electron chi connectivity index (χ0n) is 13.9. The van der Waals surface area contributed by atoms with Gasteiger partial charge in [0.2, 0.25) is 0 Å². The molecular weight excluding hydrogens is 376 g/mol. The van der Waals surface area contributed by atoms with Gasteiger partial charge >= 0.3 is 5.97 Å². The average Bonchev–Trinajstić information content (AvgIpc) is 2.93. The van der Waals surface area contributed by atoms with Gasteiger partial charge in [-0.15, -0.1) is 11.8 Å². The second-order valence-electron chi connectivity index (χ2n) is 6.39. The number of aryl methyl sites for hydroxylation is 2. The smallest absolute Gasteiger partial charge is 0.317 e. The van der Waals surface area contributed by atoms with Crippen molar-refractivity contribution < 1.29 is 14.6 Å². The van der Waals surface area contributed by atoms with Gasteiger partial charge in [-0.1, -0.05) is 35.9 Å². The lowest BCUT2D eigenvalue weighted by atomic mass is 10.0. The molecule has 0 amide bonds. The Kier molecular flexibility index (Phi) is 6.20. The molecule has 0 spiro atoms. The van der Waals surface area contributed by atoms with Crippen molar-refractivity contribution in [2.24, 2.45) is 5.92 Å². The van der Waals surface area contributed by atoms with E-state index in [9.17, 15) is 9.90 Å². The largest absolute Gasteiger partial charge is 0.485 e. The number of carbonyl (C=O) groups is 1. The highest BCUT2D eigenvalue weighted by Gasteiger charge is 2.30. The third-order valence-corrected chi connectivity index (χ3v) is 6.41. The molecule has 2 unspecified atom stereocenters. The molecule has 0 fully saturated rings. The van der Waals surface area contributed by atoms with E-state index in [2.05, 4.69) is 29.8 Å². The minimum absolute atomic E-state index is 0.0793. The summed E-state index contributed by atoms with van der Waals surface area (Å²) in [5, 5.41) is 8.81. The van der Waals surface area contributed by atoms with E-state index >= 15 is 0 Å². The molecule has 23 heavy (non-hydrogen) atoms. The first-order chi connectivity index (χ1) is 10.8. The molecule has 0 bridgehead atoms. The summed E-state index contributed by atoms with van der Waals surface area (Å²) in [5.74, 6) is 0.567. The lowest BCUT2D eigenvalue weighted by Crippen LogP contribution is -2.21. The van der Waals surface area contributed by atoms with Crippen LogP contribution in [0.3, 0.4) is 0 Å². The molecule has 1 aliphatic heterocycles. The Labute approximate surface area is 150 Å². The fourth-order valence-electron chi connectivity index (χ4n) is 2.63. The zero-order valence-corrected chi connectivity index (χ0v) is 16.3. The van der Waals surface area contributed by atoms with Gasteiger partial charge in [0.05, 0.1) is 0 Å². The second kappa shape index (κ2) is 7.75. The third-order valence-electron chi connectivity index (χ3n) is 3.78. The van der Waals surface area contributed by atoms with E-state index in [1.54, 1.807) is 0 Å². The summed E-state index contributed by atoms with van der Waals surface area (Å²) >= 11 is 5.00. The first-order valence-corrected chi connectivity index (χ1v) is 9.48. The van der Waals surface area contributed by atoms with Crippen LogP contribution < -0.4 is 4.74 Å². The van der Waals surface area contributed by atoms with Crippen LogP contribution in [0.4, 0.5) is 0 Å². The molecule has 0 aliphatic carbocycles. The number of carboxylic acid groups (broad SMARTS) is 1. The molecule has 0 aromatic heterocycles. The number of carboxylic acids is 1. The summed E-state index contributed by atoms with van der Waals surface area (Å²) in [6.07, 6.45) is 3.39. The van der Waals surface area contributed by atoms with E-state index in [4.69, 9.17) is 4.74 Å². The highest BCUT2D eigenvalue weighted by molar-refractivity contribution is 9.10. The molecule has 1 N–H and O–H groups in total. The number of benzene rings is 1. The van der Waals surface area contributed by atoms with Crippen LogP contribution in [0.25, 0.3) is 0 Å². The number of allylic oxidation sites excluding steroid dienone is 1. The Balaban J connectivity index is 2.18. The van der Waals surface area contributed by atoms with E-state index in [1.165, 1.54) is 11.8 Å². The van der Waals surface area contributed by atoms with Crippen molar-refractivity contribution in [1.29, 1.82) is 0 Å². The molecule has 3 nitrogen and oxygen atoms in total. The molecule has 0 saturated carbocycles. The predicted octanol–water partition coefficient (Wildman–Crippen LogP) is 5.33. The van der Waals surface area contributed by atoms with Gasteiger partial charge in [0, 0.05) is 9.38 Å². The maximum atomic E-state index is 11.2. The molecule has 1 aromatic carbocycles. The fourth-order valence-corrected chi connectivity index (χ4v) is 3.97. The van der Waals surface area contributed by atoms with Crippen molar-refractivity contribution in [3.05, 3.63) is 38.7 Å². The van der Waals surface area contributed by atoms with Gasteiger partial charge in [0.15, 0.2) is 0 Å². The Morgan fingerprint density at radius 2 is 2.00 bits per heavy atom. The highest BCUT2D eigenvalue weighted by atomic mass is 79.9. The van der Waals surface area contributed by atoms with Crippen LogP contribution in [0.1, 0.15) is 37.8 Å². The lowest BCUT2D eigenvalue weighted by Gasteiger charge is -2.23.